The fraction of sp³-hybridized carbons (Fsp3) is 0.182. The van der Waals surface area contributed by atoms with Gasteiger partial charge in [0.1, 0.15) is 5.58 Å². The van der Waals surface area contributed by atoms with Gasteiger partial charge in [0.25, 0.3) is 5.90 Å². The second-order valence-corrected chi connectivity index (χ2v) is 3.14. The zero-order valence-corrected chi connectivity index (χ0v) is 8.99. The van der Waals surface area contributed by atoms with Crippen molar-refractivity contribution in [3.63, 3.8) is 0 Å². The largest absolute Gasteiger partial charge is 0.475 e. The molecule has 78 valence electrons. The van der Waals surface area contributed by atoms with Gasteiger partial charge in [0.15, 0.2) is 5.76 Å². The van der Waals surface area contributed by atoms with Crippen LogP contribution in [0.15, 0.2) is 39.3 Å². The first-order valence-corrected chi connectivity index (χ1v) is 4.99. The highest BCUT2D eigenvalue weighted by Crippen LogP contribution is 2.19. The lowest BCUT2D eigenvalue weighted by molar-refractivity contribution is 0.321. The van der Waals surface area contributed by atoms with Crippen molar-refractivity contribution >= 4 is 28.6 Å². The second-order valence-electron chi connectivity index (χ2n) is 2.97. The van der Waals surface area contributed by atoms with Crippen LogP contribution in [0.5, 0.6) is 0 Å². The molecule has 0 N–H and O–H groups in total. The Morgan fingerprint density at radius 3 is 2.93 bits per heavy atom. The summed E-state index contributed by atoms with van der Waals surface area (Å²) in [6.07, 6.45) is 0. The number of fused-ring (bicyclic) bond motifs is 1. The topological polar surface area (TPSA) is 34.7 Å². The van der Waals surface area contributed by atoms with Crippen LogP contribution in [0.2, 0.25) is 0 Å². The minimum Gasteiger partial charge on any atom is -0.475 e. The third-order valence-electron chi connectivity index (χ3n) is 1.99. The molecule has 1 aromatic carbocycles. The first-order chi connectivity index (χ1) is 7.35. The third kappa shape index (κ3) is 1.97. The molecular weight excluding hydrogens is 214 g/mol. The van der Waals surface area contributed by atoms with E-state index in [0.717, 1.165) is 11.0 Å². The molecule has 0 aliphatic carbocycles. The maximum absolute atomic E-state index is 5.53. The lowest BCUT2D eigenvalue weighted by atomic mass is 10.2. The summed E-state index contributed by atoms with van der Waals surface area (Å²) in [7, 11) is 0. The number of hydrogen-bond acceptors (Lipinski definition) is 3. The average molecular weight is 224 g/mol. The molecule has 15 heavy (non-hydrogen) atoms. The number of halogens is 1. The molecule has 0 amide bonds. The standard InChI is InChI=1S/C11H10ClNO2/c1-2-14-11(13-12)10-7-8-5-3-4-6-9(8)15-10/h3-7H,2H2,1H3. The number of rotatable bonds is 2. The van der Waals surface area contributed by atoms with Crippen molar-refractivity contribution < 1.29 is 9.15 Å². The Hall–Kier alpha value is -1.48. The molecule has 3 nitrogen and oxygen atoms in total. The van der Waals surface area contributed by atoms with Gasteiger partial charge in [-0.05, 0) is 19.1 Å². The van der Waals surface area contributed by atoms with Crippen molar-refractivity contribution in [2.24, 2.45) is 4.51 Å². The summed E-state index contributed by atoms with van der Waals surface area (Å²) in [6, 6.07) is 9.55. The van der Waals surface area contributed by atoms with Gasteiger partial charge in [-0.2, -0.15) is 0 Å². The van der Waals surface area contributed by atoms with Gasteiger partial charge in [0.2, 0.25) is 0 Å². The first kappa shape index (κ1) is 10.1. The number of nitrogens with zero attached hydrogens (tertiary/aromatic N) is 1. The van der Waals surface area contributed by atoms with E-state index in [1.54, 1.807) is 0 Å². The molecule has 1 heterocycles. The van der Waals surface area contributed by atoms with Gasteiger partial charge in [-0.3, -0.25) is 0 Å². The van der Waals surface area contributed by atoms with Crippen LogP contribution in [0.4, 0.5) is 0 Å². The van der Waals surface area contributed by atoms with Gasteiger partial charge in [0, 0.05) is 17.2 Å². The lowest BCUT2D eigenvalue weighted by Crippen LogP contribution is -2.03. The Morgan fingerprint density at radius 2 is 2.27 bits per heavy atom. The Balaban J connectivity index is 2.43. The molecule has 0 aliphatic rings. The quantitative estimate of drug-likeness (QED) is 0.578. The maximum atomic E-state index is 5.53. The van der Waals surface area contributed by atoms with E-state index >= 15 is 0 Å². The molecular formula is C11H10ClNO2. The summed E-state index contributed by atoms with van der Waals surface area (Å²) >= 11 is 5.41. The van der Waals surface area contributed by atoms with Gasteiger partial charge >= 0.3 is 0 Å². The number of furan rings is 1. The highest BCUT2D eigenvalue weighted by atomic mass is 35.5. The highest BCUT2D eigenvalue weighted by Gasteiger charge is 2.10. The minimum atomic E-state index is 0.315. The monoisotopic (exact) mass is 223 g/mol. The normalized spacial score (nSPS) is 12.0. The van der Waals surface area contributed by atoms with Gasteiger partial charge < -0.3 is 9.15 Å². The van der Waals surface area contributed by atoms with Crippen LogP contribution in [0.1, 0.15) is 12.7 Å². The minimum absolute atomic E-state index is 0.315. The highest BCUT2D eigenvalue weighted by molar-refractivity contribution is 6.21. The predicted octanol–water partition coefficient (Wildman–Crippen LogP) is 3.37. The molecule has 1 aromatic heterocycles. The second kappa shape index (κ2) is 4.36. The van der Waals surface area contributed by atoms with E-state index in [9.17, 15) is 0 Å². The molecule has 0 atom stereocenters. The van der Waals surface area contributed by atoms with Crippen LogP contribution >= 0.6 is 11.8 Å². The van der Waals surface area contributed by atoms with Gasteiger partial charge in [-0.15, -0.1) is 4.51 Å². The lowest BCUT2D eigenvalue weighted by Gasteiger charge is -2.00. The summed E-state index contributed by atoms with van der Waals surface area (Å²) < 4.78 is 14.3. The summed E-state index contributed by atoms with van der Waals surface area (Å²) in [6.45, 7) is 2.37. The van der Waals surface area contributed by atoms with Crippen LogP contribution < -0.4 is 0 Å². The van der Waals surface area contributed by atoms with Gasteiger partial charge in [0.05, 0.1) is 6.61 Å². The van der Waals surface area contributed by atoms with Crippen molar-refractivity contribution in [3.05, 3.63) is 36.1 Å². The van der Waals surface area contributed by atoms with E-state index in [4.69, 9.17) is 20.9 Å². The summed E-state index contributed by atoms with van der Waals surface area (Å²) in [5, 5.41) is 1.00. The summed E-state index contributed by atoms with van der Waals surface area (Å²) in [4.78, 5) is 0. The van der Waals surface area contributed by atoms with Crippen LogP contribution in [-0.4, -0.2) is 12.5 Å². The van der Waals surface area contributed by atoms with Crippen molar-refractivity contribution in [1.29, 1.82) is 0 Å². The summed E-state index contributed by atoms with van der Waals surface area (Å²) in [5.41, 5.74) is 0.796. The molecule has 0 saturated heterocycles. The van der Waals surface area contributed by atoms with E-state index in [-0.39, 0.29) is 0 Å². The fourth-order valence-corrected chi connectivity index (χ4v) is 1.49. The zero-order chi connectivity index (χ0) is 10.7. The SMILES string of the molecule is CCOC(=NCl)c1cc2ccccc2o1. The molecule has 0 saturated carbocycles. The number of benzene rings is 1. The average Bonchev–Trinajstić information content (AvgIpc) is 2.69. The maximum Gasteiger partial charge on any atom is 0.269 e. The van der Waals surface area contributed by atoms with Crippen molar-refractivity contribution in [2.75, 3.05) is 6.61 Å². The van der Waals surface area contributed by atoms with Crippen LogP contribution in [-0.2, 0) is 4.74 Å². The molecule has 0 fully saturated rings. The van der Waals surface area contributed by atoms with Gasteiger partial charge in [-0.1, -0.05) is 18.2 Å². The Morgan fingerprint density at radius 1 is 1.47 bits per heavy atom. The van der Waals surface area contributed by atoms with Crippen molar-refractivity contribution in [1.82, 2.24) is 0 Å². The Kier molecular flexibility index (Phi) is 2.92. The first-order valence-electron chi connectivity index (χ1n) is 4.66. The fourth-order valence-electron chi connectivity index (χ4n) is 1.36. The van der Waals surface area contributed by atoms with E-state index in [0.29, 0.717) is 18.3 Å². The van der Waals surface area contributed by atoms with Gasteiger partial charge in [-0.25, -0.2) is 0 Å². The predicted molar refractivity (Wildman–Crippen MR) is 60.2 cm³/mol. The number of para-hydroxylation sites is 1. The number of ether oxygens (including phenoxy) is 1. The molecule has 4 heteroatoms. The zero-order valence-electron chi connectivity index (χ0n) is 8.24. The van der Waals surface area contributed by atoms with E-state index in [1.165, 1.54) is 0 Å². The smallest absolute Gasteiger partial charge is 0.269 e. The van der Waals surface area contributed by atoms with Crippen LogP contribution in [0.3, 0.4) is 0 Å². The van der Waals surface area contributed by atoms with Crippen molar-refractivity contribution in [3.8, 4) is 0 Å². The molecule has 0 unspecified atom stereocenters. The molecule has 0 spiro atoms. The Bertz CT molecular complexity index is 457. The molecule has 0 aliphatic heterocycles. The molecule has 2 aromatic rings. The van der Waals surface area contributed by atoms with Crippen LogP contribution in [0.25, 0.3) is 11.0 Å². The molecule has 2 rings (SSSR count). The van der Waals surface area contributed by atoms with E-state index in [2.05, 4.69) is 4.51 Å². The van der Waals surface area contributed by atoms with Crippen molar-refractivity contribution in [2.45, 2.75) is 6.92 Å². The molecule has 0 bridgehead atoms. The summed E-state index contributed by atoms with van der Waals surface area (Å²) in [5.74, 6) is 0.864. The van der Waals surface area contributed by atoms with E-state index in [1.807, 2.05) is 37.3 Å². The van der Waals surface area contributed by atoms with E-state index < -0.39 is 0 Å². The molecule has 0 radical (unpaired) electrons. The number of hydrogen-bond donors (Lipinski definition) is 0. The Labute approximate surface area is 92.4 Å². The van der Waals surface area contributed by atoms with Crippen LogP contribution in [0, 0.1) is 0 Å². The third-order valence-corrected chi connectivity index (χ3v) is 2.15.